The summed E-state index contributed by atoms with van der Waals surface area (Å²) in [7, 11) is 0. The molecule has 1 atom stereocenters. The van der Waals surface area contributed by atoms with Crippen LogP contribution in [0.3, 0.4) is 0 Å². The first-order chi connectivity index (χ1) is 18.0. The molecule has 3 aromatic rings. The second-order valence-corrected chi connectivity index (χ2v) is 9.83. The van der Waals surface area contributed by atoms with Crippen molar-refractivity contribution in [1.29, 1.82) is 0 Å². The zero-order chi connectivity index (χ0) is 27.7. The normalized spacial score (nSPS) is 12.7. The molecule has 0 heterocycles. The first-order valence-corrected chi connectivity index (χ1v) is 12.8. The number of carbonyl (C=O) groups is 1. The predicted octanol–water partition coefficient (Wildman–Crippen LogP) is 7.79. The lowest BCUT2D eigenvalue weighted by molar-refractivity contribution is -0.259. The van der Waals surface area contributed by atoms with Gasteiger partial charge in [-0.1, -0.05) is 107 Å². The van der Waals surface area contributed by atoms with Gasteiger partial charge in [-0.3, -0.25) is 4.84 Å². The third-order valence-corrected chi connectivity index (χ3v) is 6.17. The molecule has 2 N–H and O–H groups in total. The van der Waals surface area contributed by atoms with Crippen molar-refractivity contribution in [3.63, 3.8) is 0 Å². The average Bonchev–Trinajstić information content (AvgIpc) is 2.87. The molecule has 5 nitrogen and oxygen atoms in total. The number of anilines is 1. The molecule has 0 radical (unpaired) electrons. The molecule has 3 rings (SSSR count). The highest BCUT2D eigenvalue weighted by molar-refractivity contribution is 5.91. The smallest absolute Gasteiger partial charge is 0.336 e. The Morgan fingerprint density at radius 3 is 1.92 bits per heavy atom. The molecule has 0 aliphatic heterocycles. The second-order valence-electron chi connectivity index (χ2n) is 9.83. The van der Waals surface area contributed by atoms with Gasteiger partial charge in [0.2, 0.25) is 0 Å². The lowest BCUT2D eigenvalue weighted by Crippen LogP contribution is -2.43. The molecular weight excluding hydrogens is 491 g/mol. The number of hydrogen-bond donors (Lipinski definition) is 2. The minimum Gasteiger partial charge on any atom is -0.336 e. The summed E-state index contributed by atoms with van der Waals surface area (Å²) in [6, 6.07) is 22.3. The van der Waals surface area contributed by atoms with E-state index in [0.717, 1.165) is 27.4 Å². The summed E-state index contributed by atoms with van der Waals surface area (Å²) < 4.78 is 40.8. The first-order valence-electron chi connectivity index (χ1n) is 12.8. The number of alkyl halides is 3. The van der Waals surface area contributed by atoms with Gasteiger partial charge in [0.1, 0.15) is 6.54 Å². The fourth-order valence-corrected chi connectivity index (χ4v) is 4.26. The summed E-state index contributed by atoms with van der Waals surface area (Å²) in [5.74, 6) is 0.351. The van der Waals surface area contributed by atoms with E-state index in [9.17, 15) is 18.0 Å². The SMILES string of the molecule is CC(C)c1cccc(C(C)C)c1NC(=O)NCC(c1ccccc1)N(CC(F)(F)F)OCc1ccccc1. The van der Waals surface area contributed by atoms with Crippen molar-refractivity contribution in [2.45, 2.75) is 58.4 Å². The number of carbonyl (C=O) groups excluding carboxylic acids is 1. The van der Waals surface area contributed by atoms with Crippen LogP contribution in [0.2, 0.25) is 0 Å². The van der Waals surface area contributed by atoms with Crippen LogP contribution in [-0.2, 0) is 11.4 Å². The van der Waals surface area contributed by atoms with E-state index < -0.39 is 24.8 Å². The van der Waals surface area contributed by atoms with Gasteiger partial charge in [-0.05, 0) is 34.1 Å². The van der Waals surface area contributed by atoms with Crippen LogP contribution in [-0.4, -0.2) is 30.4 Å². The monoisotopic (exact) mass is 527 g/mol. The van der Waals surface area contributed by atoms with Gasteiger partial charge in [-0.25, -0.2) is 4.79 Å². The number of hydroxylamine groups is 2. The van der Waals surface area contributed by atoms with Crippen molar-refractivity contribution in [3.05, 3.63) is 101 Å². The molecule has 204 valence electrons. The predicted molar refractivity (Wildman–Crippen MR) is 145 cm³/mol. The number of rotatable bonds is 11. The molecule has 0 fully saturated rings. The Morgan fingerprint density at radius 1 is 0.842 bits per heavy atom. The minimum absolute atomic E-state index is 0.0358. The van der Waals surface area contributed by atoms with Gasteiger partial charge in [-0.2, -0.15) is 18.2 Å². The highest BCUT2D eigenvalue weighted by Crippen LogP contribution is 2.32. The Balaban J connectivity index is 1.83. The van der Waals surface area contributed by atoms with Crippen molar-refractivity contribution in [1.82, 2.24) is 10.4 Å². The van der Waals surface area contributed by atoms with Gasteiger partial charge < -0.3 is 10.6 Å². The summed E-state index contributed by atoms with van der Waals surface area (Å²) in [5, 5.41) is 6.66. The number of benzene rings is 3. The Bertz CT molecular complexity index is 1130. The lowest BCUT2D eigenvalue weighted by atomic mass is 9.93. The number of amides is 2. The largest absolute Gasteiger partial charge is 0.403 e. The molecule has 8 heteroatoms. The summed E-state index contributed by atoms with van der Waals surface area (Å²) in [5.41, 5.74) is 4.06. The molecule has 0 saturated carbocycles. The number of halogens is 3. The summed E-state index contributed by atoms with van der Waals surface area (Å²) in [4.78, 5) is 18.8. The Hall–Kier alpha value is -3.36. The molecular formula is C30H36F3N3O2. The third-order valence-electron chi connectivity index (χ3n) is 6.17. The molecule has 0 bridgehead atoms. The van der Waals surface area contributed by atoms with E-state index in [1.807, 2.05) is 52.0 Å². The van der Waals surface area contributed by atoms with Crippen molar-refractivity contribution >= 4 is 11.7 Å². The van der Waals surface area contributed by atoms with Crippen LogP contribution < -0.4 is 10.6 Å². The highest BCUT2D eigenvalue weighted by atomic mass is 19.4. The van der Waals surface area contributed by atoms with E-state index in [2.05, 4.69) is 10.6 Å². The number of hydrogen-bond acceptors (Lipinski definition) is 3. The fourth-order valence-electron chi connectivity index (χ4n) is 4.26. The van der Waals surface area contributed by atoms with Crippen LogP contribution in [0.15, 0.2) is 78.9 Å². The molecule has 0 spiro atoms. The molecule has 3 aromatic carbocycles. The second kappa shape index (κ2) is 13.4. The number of para-hydroxylation sites is 1. The molecule has 2 amide bonds. The maximum atomic E-state index is 13.6. The van der Waals surface area contributed by atoms with E-state index in [1.165, 1.54) is 0 Å². The third kappa shape index (κ3) is 8.60. The Labute approximate surface area is 223 Å². The van der Waals surface area contributed by atoms with Crippen molar-refractivity contribution in [2.24, 2.45) is 0 Å². The average molecular weight is 528 g/mol. The van der Waals surface area contributed by atoms with E-state index >= 15 is 0 Å². The van der Waals surface area contributed by atoms with Crippen LogP contribution in [0.4, 0.5) is 23.7 Å². The van der Waals surface area contributed by atoms with Gasteiger partial charge in [0.15, 0.2) is 0 Å². The van der Waals surface area contributed by atoms with Crippen LogP contribution in [0, 0.1) is 0 Å². The summed E-state index contributed by atoms with van der Waals surface area (Å²) in [6.07, 6.45) is -4.51. The summed E-state index contributed by atoms with van der Waals surface area (Å²) in [6.45, 7) is 6.77. The fraction of sp³-hybridized carbons (Fsp3) is 0.367. The van der Waals surface area contributed by atoms with E-state index in [0.29, 0.717) is 5.56 Å². The number of urea groups is 1. The summed E-state index contributed by atoms with van der Waals surface area (Å²) >= 11 is 0. The molecule has 0 aromatic heterocycles. The molecule has 0 aliphatic carbocycles. The number of nitrogens with one attached hydrogen (secondary N) is 2. The van der Waals surface area contributed by atoms with Crippen LogP contribution in [0.25, 0.3) is 0 Å². The topological polar surface area (TPSA) is 53.6 Å². The van der Waals surface area contributed by atoms with Gasteiger partial charge in [-0.15, -0.1) is 0 Å². The first kappa shape index (κ1) is 29.2. The standard InChI is InChI=1S/C30H36F3N3O2/c1-21(2)25-16-11-17-26(22(3)4)28(25)35-29(37)34-18-27(24-14-9-6-10-15-24)36(20-30(31,32)33)38-19-23-12-7-5-8-13-23/h5-17,21-22,27H,18-20H2,1-4H3,(H2,34,35,37). The number of nitrogens with zero attached hydrogens (tertiary/aromatic N) is 1. The van der Waals surface area contributed by atoms with E-state index in [-0.39, 0.29) is 25.0 Å². The van der Waals surface area contributed by atoms with E-state index in [1.54, 1.807) is 54.6 Å². The van der Waals surface area contributed by atoms with E-state index in [4.69, 9.17) is 4.84 Å². The Morgan fingerprint density at radius 2 is 1.39 bits per heavy atom. The van der Waals surface area contributed by atoms with Gasteiger partial charge in [0.25, 0.3) is 0 Å². The van der Waals surface area contributed by atoms with Crippen LogP contribution in [0.5, 0.6) is 0 Å². The van der Waals surface area contributed by atoms with Crippen molar-refractivity contribution < 1.29 is 22.8 Å². The maximum absolute atomic E-state index is 13.6. The van der Waals surface area contributed by atoms with Gasteiger partial charge >= 0.3 is 12.2 Å². The van der Waals surface area contributed by atoms with Crippen molar-refractivity contribution in [3.8, 4) is 0 Å². The zero-order valence-electron chi connectivity index (χ0n) is 22.3. The van der Waals surface area contributed by atoms with Crippen LogP contribution >= 0.6 is 0 Å². The Kier molecular flexibility index (Phi) is 10.3. The minimum atomic E-state index is -4.51. The molecule has 38 heavy (non-hydrogen) atoms. The molecule has 1 unspecified atom stereocenters. The molecule has 0 aliphatic rings. The van der Waals surface area contributed by atoms with Gasteiger partial charge in [0, 0.05) is 12.2 Å². The van der Waals surface area contributed by atoms with Gasteiger partial charge in [0.05, 0.1) is 12.6 Å². The maximum Gasteiger partial charge on any atom is 0.403 e. The van der Waals surface area contributed by atoms with Crippen LogP contribution in [0.1, 0.15) is 67.8 Å². The highest BCUT2D eigenvalue weighted by Gasteiger charge is 2.36. The zero-order valence-corrected chi connectivity index (χ0v) is 22.3. The molecule has 0 saturated heterocycles. The quantitative estimate of drug-likeness (QED) is 0.250. The van der Waals surface area contributed by atoms with Crippen molar-refractivity contribution in [2.75, 3.05) is 18.4 Å². The lowest BCUT2D eigenvalue weighted by Gasteiger charge is -2.32.